The number of piperidine rings is 1. The Kier molecular flexibility index (Phi) is 3.84. The summed E-state index contributed by atoms with van der Waals surface area (Å²) in [5.41, 5.74) is 6.06. The molecule has 0 spiro atoms. The highest BCUT2D eigenvalue weighted by Crippen LogP contribution is 2.35. The van der Waals surface area contributed by atoms with E-state index >= 15 is 0 Å². The minimum absolute atomic E-state index is 0.477. The van der Waals surface area contributed by atoms with E-state index in [0.717, 1.165) is 25.2 Å². The zero-order valence-electron chi connectivity index (χ0n) is 11.9. The van der Waals surface area contributed by atoms with E-state index in [4.69, 9.17) is 5.73 Å². The molecule has 21 heavy (non-hydrogen) atoms. The standard InChI is InChI=1S/C16H19FN4/c17-16(14-3-1-2-7-19-14)5-9-21(10-6-16)12-13-4-8-20-15(18)11-13/h1-4,7-8,11H,5-6,9-10,12H2,(H2,18,20). The number of rotatable bonds is 3. The van der Waals surface area contributed by atoms with Gasteiger partial charge in [-0.3, -0.25) is 9.88 Å². The molecule has 3 rings (SSSR count). The van der Waals surface area contributed by atoms with Gasteiger partial charge in [0.15, 0.2) is 5.67 Å². The Morgan fingerprint density at radius 1 is 1.14 bits per heavy atom. The number of nitrogen functional groups attached to an aromatic ring is 1. The molecule has 2 N–H and O–H groups in total. The summed E-state index contributed by atoms with van der Waals surface area (Å²) < 4.78 is 15.0. The molecule has 0 bridgehead atoms. The van der Waals surface area contributed by atoms with Crippen LogP contribution < -0.4 is 5.73 Å². The predicted octanol–water partition coefficient (Wildman–Crippen LogP) is 2.52. The van der Waals surface area contributed by atoms with E-state index in [1.54, 1.807) is 18.5 Å². The summed E-state index contributed by atoms with van der Waals surface area (Å²) >= 11 is 0. The number of hydrogen-bond acceptors (Lipinski definition) is 4. The summed E-state index contributed by atoms with van der Waals surface area (Å²) in [6.07, 6.45) is 4.32. The van der Waals surface area contributed by atoms with Gasteiger partial charge in [-0.25, -0.2) is 9.37 Å². The van der Waals surface area contributed by atoms with E-state index in [0.29, 0.717) is 24.4 Å². The van der Waals surface area contributed by atoms with Crippen molar-refractivity contribution in [2.45, 2.75) is 25.1 Å². The maximum Gasteiger partial charge on any atom is 0.155 e. The molecule has 1 saturated heterocycles. The van der Waals surface area contributed by atoms with Gasteiger partial charge in [0.25, 0.3) is 0 Å². The molecule has 1 fully saturated rings. The van der Waals surface area contributed by atoms with E-state index in [-0.39, 0.29) is 0 Å². The van der Waals surface area contributed by atoms with Crippen molar-refractivity contribution in [3.8, 4) is 0 Å². The van der Waals surface area contributed by atoms with Gasteiger partial charge in [0.1, 0.15) is 5.82 Å². The number of likely N-dealkylation sites (tertiary alicyclic amines) is 1. The summed E-state index contributed by atoms with van der Waals surface area (Å²) in [6.45, 7) is 2.22. The van der Waals surface area contributed by atoms with Gasteiger partial charge < -0.3 is 5.73 Å². The monoisotopic (exact) mass is 286 g/mol. The van der Waals surface area contributed by atoms with Gasteiger partial charge >= 0.3 is 0 Å². The molecule has 0 radical (unpaired) electrons. The van der Waals surface area contributed by atoms with Crippen molar-refractivity contribution in [2.24, 2.45) is 0 Å². The maximum absolute atomic E-state index is 15.0. The molecule has 0 amide bonds. The SMILES string of the molecule is Nc1cc(CN2CCC(F)(c3ccccn3)CC2)ccn1. The lowest BCUT2D eigenvalue weighted by atomic mass is 9.89. The van der Waals surface area contributed by atoms with E-state index in [1.807, 2.05) is 24.3 Å². The molecule has 0 aromatic carbocycles. The molecule has 1 aliphatic heterocycles. The van der Waals surface area contributed by atoms with Crippen molar-refractivity contribution in [3.05, 3.63) is 54.0 Å². The number of anilines is 1. The third-order valence-corrected chi connectivity index (χ3v) is 4.02. The molecule has 5 heteroatoms. The molecular formula is C16H19FN4. The van der Waals surface area contributed by atoms with E-state index < -0.39 is 5.67 Å². The Morgan fingerprint density at radius 2 is 1.95 bits per heavy atom. The topological polar surface area (TPSA) is 55.0 Å². The van der Waals surface area contributed by atoms with Crippen molar-refractivity contribution >= 4 is 5.82 Å². The smallest absolute Gasteiger partial charge is 0.155 e. The summed E-state index contributed by atoms with van der Waals surface area (Å²) in [5.74, 6) is 0.526. The van der Waals surface area contributed by atoms with Crippen LogP contribution in [0.1, 0.15) is 24.1 Å². The van der Waals surface area contributed by atoms with Crippen LogP contribution in [0.4, 0.5) is 10.2 Å². The molecule has 2 aromatic heterocycles. The van der Waals surface area contributed by atoms with Crippen LogP contribution in [0.5, 0.6) is 0 Å². The number of aromatic nitrogens is 2. The number of nitrogens with two attached hydrogens (primary N) is 1. The zero-order chi connectivity index (χ0) is 14.7. The molecule has 4 nitrogen and oxygen atoms in total. The van der Waals surface area contributed by atoms with E-state index in [1.165, 1.54) is 0 Å². The quantitative estimate of drug-likeness (QED) is 0.942. The Labute approximate surface area is 123 Å². The summed E-state index contributed by atoms with van der Waals surface area (Å²) in [7, 11) is 0. The van der Waals surface area contributed by atoms with Gasteiger partial charge in [-0.05, 0) is 42.7 Å². The third kappa shape index (κ3) is 3.19. The zero-order valence-corrected chi connectivity index (χ0v) is 11.9. The van der Waals surface area contributed by atoms with Gasteiger partial charge in [-0.15, -0.1) is 0 Å². The fourth-order valence-corrected chi connectivity index (χ4v) is 2.80. The first-order valence-electron chi connectivity index (χ1n) is 7.19. The molecule has 3 heterocycles. The Bertz CT molecular complexity index is 594. The van der Waals surface area contributed by atoms with Gasteiger partial charge in [0.2, 0.25) is 0 Å². The van der Waals surface area contributed by atoms with Crippen molar-refractivity contribution in [1.82, 2.24) is 14.9 Å². The molecule has 0 saturated carbocycles. The first-order chi connectivity index (χ1) is 10.2. The third-order valence-electron chi connectivity index (χ3n) is 4.02. The number of halogens is 1. The summed E-state index contributed by atoms with van der Waals surface area (Å²) in [5, 5.41) is 0. The van der Waals surface area contributed by atoms with Crippen LogP contribution in [0.3, 0.4) is 0 Å². The number of alkyl halides is 1. The van der Waals surface area contributed by atoms with E-state index in [2.05, 4.69) is 14.9 Å². The van der Waals surface area contributed by atoms with Crippen molar-refractivity contribution in [2.75, 3.05) is 18.8 Å². The van der Waals surface area contributed by atoms with Gasteiger partial charge in [0.05, 0.1) is 5.69 Å². The molecule has 2 aromatic rings. The summed E-state index contributed by atoms with van der Waals surface area (Å²) in [6, 6.07) is 9.26. The first-order valence-corrected chi connectivity index (χ1v) is 7.19. The Balaban J connectivity index is 1.63. The largest absolute Gasteiger partial charge is 0.384 e. The Hall–Kier alpha value is -2.01. The van der Waals surface area contributed by atoms with Crippen molar-refractivity contribution in [1.29, 1.82) is 0 Å². The maximum atomic E-state index is 15.0. The van der Waals surface area contributed by atoms with Crippen molar-refractivity contribution in [3.63, 3.8) is 0 Å². The van der Waals surface area contributed by atoms with Crippen LogP contribution in [0.2, 0.25) is 0 Å². The molecule has 1 aliphatic rings. The molecule has 0 aliphatic carbocycles. The lowest BCUT2D eigenvalue weighted by Crippen LogP contribution is -2.40. The number of nitrogens with zero attached hydrogens (tertiary/aromatic N) is 3. The highest BCUT2D eigenvalue weighted by atomic mass is 19.1. The van der Waals surface area contributed by atoms with Crippen LogP contribution >= 0.6 is 0 Å². The minimum atomic E-state index is -1.30. The number of pyridine rings is 2. The normalized spacial score (nSPS) is 18.5. The molecular weight excluding hydrogens is 267 g/mol. The Morgan fingerprint density at radius 3 is 2.62 bits per heavy atom. The van der Waals surface area contributed by atoms with Crippen LogP contribution in [0.15, 0.2) is 42.7 Å². The second-order valence-corrected chi connectivity index (χ2v) is 5.55. The van der Waals surface area contributed by atoms with E-state index in [9.17, 15) is 4.39 Å². The fourth-order valence-electron chi connectivity index (χ4n) is 2.80. The molecule has 0 atom stereocenters. The second kappa shape index (κ2) is 5.77. The van der Waals surface area contributed by atoms with Gasteiger partial charge in [0, 0.05) is 32.0 Å². The van der Waals surface area contributed by atoms with Crippen LogP contribution in [0, 0.1) is 0 Å². The fraction of sp³-hybridized carbons (Fsp3) is 0.375. The summed E-state index contributed by atoms with van der Waals surface area (Å²) in [4.78, 5) is 10.4. The molecule has 110 valence electrons. The second-order valence-electron chi connectivity index (χ2n) is 5.55. The predicted molar refractivity (Wildman–Crippen MR) is 80.2 cm³/mol. The van der Waals surface area contributed by atoms with Crippen molar-refractivity contribution < 1.29 is 4.39 Å². The number of hydrogen-bond donors (Lipinski definition) is 1. The average molecular weight is 286 g/mol. The lowest BCUT2D eigenvalue weighted by Gasteiger charge is -2.36. The van der Waals surface area contributed by atoms with Crippen LogP contribution in [-0.4, -0.2) is 28.0 Å². The average Bonchev–Trinajstić information content (AvgIpc) is 2.51. The first kappa shape index (κ1) is 13.9. The van der Waals surface area contributed by atoms with Gasteiger partial charge in [-0.2, -0.15) is 0 Å². The minimum Gasteiger partial charge on any atom is -0.384 e. The highest BCUT2D eigenvalue weighted by Gasteiger charge is 2.37. The van der Waals surface area contributed by atoms with Crippen LogP contribution in [0.25, 0.3) is 0 Å². The molecule has 0 unspecified atom stereocenters. The van der Waals surface area contributed by atoms with Gasteiger partial charge in [-0.1, -0.05) is 6.07 Å². The highest BCUT2D eigenvalue weighted by molar-refractivity contribution is 5.31. The lowest BCUT2D eigenvalue weighted by molar-refractivity contribution is 0.0490. The van der Waals surface area contributed by atoms with Crippen LogP contribution in [-0.2, 0) is 12.2 Å².